The first-order valence-corrected chi connectivity index (χ1v) is 7.80. The highest BCUT2D eigenvalue weighted by molar-refractivity contribution is 5.91. The third kappa shape index (κ3) is 2.23. The number of allylic oxidation sites excluding steroid dienone is 1. The number of ether oxygens (including phenoxy) is 2. The van der Waals surface area contributed by atoms with Crippen LogP contribution >= 0.6 is 0 Å². The highest BCUT2D eigenvalue weighted by atomic mass is 16.6. The number of esters is 2. The average Bonchev–Trinajstić information content (AvgIpc) is 2.95. The number of carbonyl (C=O) groups is 2. The van der Waals surface area contributed by atoms with Crippen molar-refractivity contribution in [2.24, 2.45) is 17.8 Å². The van der Waals surface area contributed by atoms with Gasteiger partial charge in [0.2, 0.25) is 0 Å². The predicted molar refractivity (Wildman–Crippen MR) is 80.0 cm³/mol. The predicted octanol–water partition coefficient (Wildman–Crippen LogP) is 0.724. The van der Waals surface area contributed by atoms with Gasteiger partial charge in [0, 0.05) is 24.3 Å². The van der Waals surface area contributed by atoms with E-state index in [-0.39, 0.29) is 17.4 Å². The molecular weight excluding hydrogens is 300 g/mol. The molecule has 126 valence electrons. The summed E-state index contributed by atoms with van der Waals surface area (Å²) in [4.78, 5) is 23.5. The molecule has 7 atom stereocenters. The molecule has 0 bridgehead atoms. The maximum Gasteiger partial charge on any atom is 0.334 e. The van der Waals surface area contributed by atoms with Gasteiger partial charge in [-0.25, -0.2) is 4.79 Å². The number of hydrogen-bond donors (Lipinski definition) is 2. The van der Waals surface area contributed by atoms with Gasteiger partial charge in [-0.15, -0.1) is 0 Å². The Labute approximate surface area is 134 Å². The second kappa shape index (κ2) is 5.18. The largest absolute Gasteiger partial charge is 0.459 e. The van der Waals surface area contributed by atoms with Crippen LogP contribution in [0.1, 0.15) is 27.2 Å². The smallest absolute Gasteiger partial charge is 0.334 e. The van der Waals surface area contributed by atoms with Crippen LogP contribution in [0.25, 0.3) is 0 Å². The van der Waals surface area contributed by atoms with Crippen molar-refractivity contribution >= 4 is 11.9 Å². The molecule has 0 radical (unpaired) electrons. The highest BCUT2D eigenvalue weighted by Crippen LogP contribution is 2.52. The van der Waals surface area contributed by atoms with Crippen molar-refractivity contribution in [1.29, 1.82) is 0 Å². The maximum atomic E-state index is 12.0. The molecule has 0 aromatic heterocycles. The van der Waals surface area contributed by atoms with Crippen molar-refractivity contribution in [1.82, 2.24) is 0 Å². The highest BCUT2D eigenvalue weighted by Gasteiger charge is 2.62. The zero-order valence-corrected chi connectivity index (χ0v) is 13.5. The van der Waals surface area contributed by atoms with Crippen molar-refractivity contribution < 1.29 is 29.3 Å². The van der Waals surface area contributed by atoms with E-state index in [4.69, 9.17) is 9.47 Å². The van der Waals surface area contributed by atoms with Gasteiger partial charge in [-0.1, -0.05) is 18.2 Å². The summed E-state index contributed by atoms with van der Waals surface area (Å²) in [6.07, 6.45) is -0.425. The quantitative estimate of drug-likeness (QED) is 0.420. The molecule has 6 heteroatoms. The molecule has 0 spiro atoms. The first-order valence-electron chi connectivity index (χ1n) is 7.80. The lowest BCUT2D eigenvalue weighted by Gasteiger charge is -2.38. The summed E-state index contributed by atoms with van der Waals surface area (Å²) < 4.78 is 10.8. The summed E-state index contributed by atoms with van der Waals surface area (Å²) in [6.45, 7) is 8.46. The van der Waals surface area contributed by atoms with E-state index in [0.29, 0.717) is 6.42 Å². The fourth-order valence-corrected chi connectivity index (χ4v) is 4.37. The van der Waals surface area contributed by atoms with Crippen molar-refractivity contribution in [3.05, 3.63) is 23.8 Å². The lowest BCUT2D eigenvalue weighted by atomic mass is 9.76. The van der Waals surface area contributed by atoms with E-state index in [9.17, 15) is 19.8 Å². The molecule has 1 heterocycles. The second-order valence-electron chi connectivity index (χ2n) is 6.98. The van der Waals surface area contributed by atoms with Gasteiger partial charge in [0.05, 0.1) is 11.5 Å². The van der Waals surface area contributed by atoms with Crippen LogP contribution in [-0.2, 0) is 19.1 Å². The van der Waals surface area contributed by atoms with Crippen LogP contribution < -0.4 is 0 Å². The molecule has 2 N–H and O–H groups in total. The van der Waals surface area contributed by atoms with Gasteiger partial charge < -0.3 is 19.7 Å². The van der Waals surface area contributed by atoms with Gasteiger partial charge in [-0.2, -0.15) is 0 Å². The zero-order chi connectivity index (χ0) is 17.1. The summed E-state index contributed by atoms with van der Waals surface area (Å²) in [7, 11) is 0. The lowest BCUT2D eigenvalue weighted by molar-refractivity contribution is -0.176. The van der Waals surface area contributed by atoms with Crippen LogP contribution in [0, 0.1) is 17.8 Å². The minimum atomic E-state index is -1.48. The fourth-order valence-electron chi connectivity index (χ4n) is 4.37. The van der Waals surface area contributed by atoms with Gasteiger partial charge in [0.1, 0.15) is 18.3 Å². The molecule has 3 rings (SSSR count). The standard InChI is InChI=1S/C17H22O6/c1-7-5-6-10-11(7)13-12(8(2)16(20)23-13)14(22-9(3)18)15(19)17(10,4)21/h5,10-15,19,21H,2,6H2,1,3-4H3/t10-,11-,12-,13+,14+,15+,17-/m0/s1. The van der Waals surface area contributed by atoms with E-state index in [1.807, 2.05) is 13.0 Å². The monoisotopic (exact) mass is 322 g/mol. The molecule has 6 nitrogen and oxygen atoms in total. The molecule has 23 heavy (non-hydrogen) atoms. The number of carbonyl (C=O) groups excluding carboxylic acids is 2. The molecule has 0 aromatic carbocycles. The van der Waals surface area contributed by atoms with E-state index in [1.165, 1.54) is 6.92 Å². The Hall–Kier alpha value is -1.66. The fraction of sp³-hybridized carbons (Fsp3) is 0.647. The van der Waals surface area contributed by atoms with Gasteiger partial charge >= 0.3 is 11.9 Å². The third-order valence-electron chi connectivity index (χ3n) is 5.59. The van der Waals surface area contributed by atoms with Gasteiger partial charge in [0.25, 0.3) is 0 Å². The Bertz CT molecular complexity index is 604. The van der Waals surface area contributed by atoms with Gasteiger partial charge in [-0.3, -0.25) is 4.79 Å². The third-order valence-corrected chi connectivity index (χ3v) is 5.59. The van der Waals surface area contributed by atoms with Crippen molar-refractivity contribution in [3.8, 4) is 0 Å². The molecule has 1 saturated heterocycles. The van der Waals surface area contributed by atoms with Crippen LogP contribution in [0.4, 0.5) is 0 Å². The van der Waals surface area contributed by atoms with Crippen molar-refractivity contribution in [2.45, 2.75) is 51.1 Å². The van der Waals surface area contributed by atoms with Gasteiger partial charge in [-0.05, 0) is 20.3 Å². The van der Waals surface area contributed by atoms with Crippen molar-refractivity contribution in [2.75, 3.05) is 0 Å². The Morgan fingerprint density at radius 1 is 1.48 bits per heavy atom. The van der Waals surface area contributed by atoms with E-state index >= 15 is 0 Å². The van der Waals surface area contributed by atoms with E-state index in [1.54, 1.807) is 6.92 Å². The van der Waals surface area contributed by atoms with Crippen LogP contribution in [0.15, 0.2) is 23.8 Å². The first-order chi connectivity index (χ1) is 10.7. The molecule has 3 aliphatic rings. The SMILES string of the molecule is C=C1C(=O)O[C@H]2[C@H]1[C@@H](OC(C)=O)[C@@H](O)[C@@](C)(O)[C@H]1CC=C(C)[C@H]21. The average molecular weight is 322 g/mol. The number of aliphatic hydroxyl groups is 2. The van der Waals surface area contributed by atoms with Crippen LogP contribution in [0.3, 0.4) is 0 Å². The van der Waals surface area contributed by atoms with Crippen LogP contribution in [0.2, 0.25) is 0 Å². The molecule has 0 unspecified atom stereocenters. The Kier molecular flexibility index (Phi) is 3.65. The molecule has 2 fully saturated rings. The molecule has 0 aromatic rings. The Balaban J connectivity index is 2.12. The van der Waals surface area contributed by atoms with Crippen molar-refractivity contribution in [3.63, 3.8) is 0 Å². The summed E-state index contributed by atoms with van der Waals surface area (Å²) in [5.74, 6) is -2.33. The van der Waals surface area contributed by atoms with Crippen LogP contribution in [0.5, 0.6) is 0 Å². The summed E-state index contributed by atoms with van der Waals surface area (Å²) >= 11 is 0. The number of aliphatic hydroxyl groups excluding tert-OH is 1. The molecular formula is C17H22O6. The number of rotatable bonds is 1. The molecule has 1 aliphatic heterocycles. The summed E-state index contributed by atoms with van der Waals surface area (Å²) in [5.41, 5.74) is -0.296. The van der Waals surface area contributed by atoms with Gasteiger partial charge in [0.15, 0.2) is 0 Å². The summed E-state index contributed by atoms with van der Waals surface area (Å²) in [6, 6.07) is 0. The van der Waals surface area contributed by atoms with E-state index in [2.05, 4.69) is 6.58 Å². The number of hydrogen-bond acceptors (Lipinski definition) is 6. The van der Waals surface area contributed by atoms with Crippen LogP contribution in [-0.4, -0.2) is 46.1 Å². The minimum Gasteiger partial charge on any atom is -0.459 e. The summed E-state index contributed by atoms with van der Waals surface area (Å²) in [5, 5.41) is 21.7. The normalized spacial score (nSPS) is 45.7. The molecule has 1 saturated carbocycles. The molecule has 0 amide bonds. The zero-order valence-electron chi connectivity index (χ0n) is 13.5. The lowest BCUT2D eigenvalue weighted by Crippen LogP contribution is -2.53. The topological polar surface area (TPSA) is 93.1 Å². The van der Waals surface area contributed by atoms with E-state index in [0.717, 1.165) is 5.57 Å². The maximum absolute atomic E-state index is 12.0. The second-order valence-corrected chi connectivity index (χ2v) is 6.98. The Morgan fingerprint density at radius 3 is 2.74 bits per heavy atom. The minimum absolute atomic E-state index is 0.177. The molecule has 2 aliphatic carbocycles. The number of fused-ring (bicyclic) bond motifs is 3. The Morgan fingerprint density at radius 2 is 2.13 bits per heavy atom. The first kappa shape index (κ1) is 16.2. The van der Waals surface area contributed by atoms with E-state index < -0.39 is 41.8 Å².